The lowest BCUT2D eigenvalue weighted by Crippen LogP contribution is -2.36. The van der Waals surface area contributed by atoms with Gasteiger partial charge in [-0.2, -0.15) is 0 Å². The smallest absolute Gasteiger partial charge is 0.135 e. The highest BCUT2D eigenvalue weighted by molar-refractivity contribution is 9.10. The van der Waals surface area contributed by atoms with Gasteiger partial charge in [-0.05, 0) is 54.0 Å². The Kier molecular flexibility index (Phi) is 4.03. The van der Waals surface area contributed by atoms with E-state index in [4.69, 9.17) is 10.1 Å². The molecule has 3 rings (SSSR count). The predicted molar refractivity (Wildman–Crippen MR) is 78.3 cm³/mol. The first-order valence-corrected chi connectivity index (χ1v) is 7.96. The number of anilines is 1. The number of piperidine rings is 1. The summed E-state index contributed by atoms with van der Waals surface area (Å²) in [6.45, 7) is 2.36. The summed E-state index contributed by atoms with van der Waals surface area (Å²) in [7, 11) is 0. The number of halogens is 1. The highest BCUT2D eigenvalue weighted by atomic mass is 79.9. The Morgan fingerprint density at radius 3 is 2.89 bits per heavy atom. The third kappa shape index (κ3) is 3.26. The molecule has 0 spiro atoms. The third-order valence-electron chi connectivity index (χ3n) is 4.02. The molecular weight excluding hydrogens is 306 g/mol. The average Bonchev–Trinajstić information content (AvgIpc) is 3.23. The average molecular weight is 326 g/mol. The van der Waals surface area contributed by atoms with E-state index in [0.29, 0.717) is 18.4 Å². The second kappa shape index (κ2) is 5.75. The maximum atomic E-state index is 9.09. The van der Waals surface area contributed by atoms with E-state index < -0.39 is 0 Å². The zero-order valence-electron chi connectivity index (χ0n) is 11.1. The molecule has 1 saturated heterocycles. The van der Waals surface area contributed by atoms with Crippen molar-refractivity contribution < 1.29 is 5.11 Å². The van der Waals surface area contributed by atoms with Gasteiger partial charge in [0.2, 0.25) is 0 Å². The molecule has 2 aliphatic rings. The Hall–Kier alpha value is -0.680. The largest absolute Gasteiger partial charge is 0.396 e. The summed E-state index contributed by atoms with van der Waals surface area (Å²) >= 11 is 3.50. The van der Waals surface area contributed by atoms with Crippen molar-refractivity contribution in [2.24, 2.45) is 5.92 Å². The Labute approximate surface area is 122 Å². The SMILES string of the molecule is OCCC1CCCN(c2cc(Br)nc(C3CC3)n2)C1. The summed E-state index contributed by atoms with van der Waals surface area (Å²) < 4.78 is 0.892. The molecule has 1 atom stereocenters. The van der Waals surface area contributed by atoms with Gasteiger partial charge in [0.05, 0.1) is 0 Å². The van der Waals surface area contributed by atoms with Crippen molar-refractivity contribution in [2.75, 3.05) is 24.6 Å². The standard InChI is InChI=1S/C14H20BrN3O/c15-12-8-13(17-14(16-12)11-3-4-11)18-6-1-2-10(9-18)5-7-19/h8,10-11,19H,1-7,9H2. The lowest BCUT2D eigenvalue weighted by Gasteiger charge is -2.33. The molecule has 1 aliphatic heterocycles. The van der Waals surface area contributed by atoms with Crippen LogP contribution in [-0.2, 0) is 0 Å². The Balaban J connectivity index is 1.76. The van der Waals surface area contributed by atoms with E-state index in [1.54, 1.807) is 0 Å². The van der Waals surface area contributed by atoms with Crippen LogP contribution in [0.15, 0.2) is 10.7 Å². The second-order valence-electron chi connectivity index (χ2n) is 5.65. The first kappa shape index (κ1) is 13.3. The molecule has 0 radical (unpaired) electrons. The van der Waals surface area contributed by atoms with Crippen LogP contribution in [0, 0.1) is 5.92 Å². The molecule has 0 aromatic carbocycles. The molecule has 0 amide bonds. The molecule has 1 saturated carbocycles. The molecule has 1 unspecified atom stereocenters. The number of aliphatic hydroxyl groups is 1. The summed E-state index contributed by atoms with van der Waals surface area (Å²) in [6, 6.07) is 2.02. The van der Waals surface area contributed by atoms with Crippen LogP contribution >= 0.6 is 15.9 Å². The number of aliphatic hydroxyl groups excluding tert-OH is 1. The van der Waals surface area contributed by atoms with E-state index in [2.05, 4.69) is 25.8 Å². The number of aromatic nitrogens is 2. The van der Waals surface area contributed by atoms with E-state index in [1.807, 2.05) is 6.07 Å². The van der Waals surface area contributed by atoms with Crippen LogP contribution in [0.3, 0.4) is 0 Å². The van der Waals surface area contributed by atoms with Crippen molar-refractivity contribution in [3.8, 4) is 0 Å². The lowest BCUT2D eigenvalue weighted by molar-refractivity contribution is 0.244. The minimum atomic E-state index is 0.291. The van der Waals surface area contributed by atoms with Crippen molar-refractivity contribution >= 4 is 21.7 Å². The normalized spacial score (nSPS) is 23.7. The quantitative estimate of drug-likeness (QED) is 0.865. The maximum Gasteiger partial charge on any atom is 0.135 e. The molecule has 2 fully saturated rings. The highest BCUT2D eigenvalue weighted by Gasteiger charge is 2.28. The summed E-state index contributed by atoms with van der Waals surface area (Å²) in [5.74, 6) is 3.21. The first-order valence-electron chi connectivity index (χ1n) is 7.16. The number of hydrogen-bond donors (Lipinski definition) is 1. The van der Waals surface area contributed by atoms with Crippen molar-refractivity contribution in [3.63, 3.8) is 0 Å². The van der Waals surface area contributed by atoms with Crippen LogP contribution in [0.4, 0.5) is 5.82 Å². The van der Waals surface area contributed by atoms with Crippen LogP contribution in [0.5, 0.6) is 0 Å². The van der Waals surface area contributed by atoms with Gasteiger partial charge in [0, 0.05) is 31.7 Å². The summed E-state index contributed by atoms with van der Waals surface area (Å²) in [5.41, 5.74) is 0. The fourth-order valence-corrected chi connectivity index (χ4v) is 3.19. The van der Waals surface area contributed by atoms with Crippen molar-refractivity contribution in [1.29, 1.82) is 0 Å². The van der Waals surface area contributed by atoms with Crippen LogP contribution in [-0.4, -0.2) is 34.8 Å². The zero-order valence-corrected chi connectivity index (χ0v) is 12.6. The molecule has 5 heteroatoms. The molecule has 104 valence electrons. The van der Waals surface area contributed by atoms with E-state index in [9.17, 15) is 0 Å². The van der Waals surface area contributed by atoms with Gasteiger partial charge in [-0.1, -0.05) is 0 Å². The van der Waals surface area contributed by atoms with Crippen molar-refractivity contribution in [3.05, 3.63) is 16.5 Å². The molecule has 4 nitrogen and oxygen atoms in total. The highest BCUT2D eigenvalue weighted by Crippen LogP contribution is 2.39. The molecular formula is C14H20BrN3O. The van der Waals surface area contributed by atoms with Crippen LogP contribution in [0.25, 0.3) is 0 Å². The molecule has 2 heterocycles. The second-order valence-corrected chi connectivity index (χ2v) is 6.46. The molecule has 1 aromatic heterocycles. The maximum absolute atomic E-state index is 9.09. The summed E-state index contributed by atoms with van der Waals surface area (Å²) in [5, 5.41) is 9.09. The molecule has 19 heavy (non-hydrogen) atoms. The Bertz CT molecular complexity index is 448. The van der Waals surface area contributed by atoms with Gasteiger partial charge in [-0.15, -0.1) is 0 Å². The summed E-state index contributed by atoms with van der Waals surface area (Å²) in [6.07, 6.45) is 5.76. The van der Waals surface area contributed by atoms with Gasteiger partial charge < -0.3 is 10.0 Å². The minimum absolute atomic E-state index is 0.291. The van der Waals surface area contributed by atoms with Crippen molar-refractivity contribution in [1.82, 2.24) is 9.97 Å². The van der Waals surface area contributed by atoms with Gasteiger partial charge >= 0.3 is 0 Å². The van der Waals surface area contributed by atoms with Gasteiger partial charge in [-0.3, -0.25) is 0 Å². The van der Waals surface area contributed by atoms with E-state index >= 15 is 0 Å². The Morgan fingerprint density at radius 1 is 1.32 bits per heavy atom. The number of rotatable bonds is 4. The summed E-state index contributed by atoms with van der Waals surface area (Å²) in [4.78, 5) is 11.6. The third-order valence-corrected chi connectivity index (χ3v) is 4.43. The van der Waals surface area contributed by atoms with Crippen LogP contribution < -0.4 is 4.90 Å². The zero-order chi connectivity index (χ0) is 13.2. The monoisotopic (exact) mass is 325 g/mol. The lowest BCUT2D eigenvalue weighted by atomic mass is 9.95. The van der Waals surface area contributed by atoms with E-state index in [-0.39, 0.29) is 0 Å². The molecule has 0 bridgehead atoms. The fraction of sp³-hybridized carbons (Fsp3) is 0.714. The van der Waals surface area contributed by atoms with Crippen molar-refractivity contribution in [2.45, 2.75) is 38.0 Å². The van der Waals surface area contributed by atoms with E-state index in [0.717, 1.165) is 35.8 Å². The van der Waals surface area contributed by atoms with Gasteiger partial charge in [-0.25, -0.2) is 9.97 Å². The van der Waals surface area contributed by atoms with Gasteiger partial charge in [0.15, 0.2) is 0 Å². The minimum Gasteiger partial charge on any atom is -0.396 e. The first-order chi connectivity index (χ1) is 9.26. The van der Waals surface area contributed by atoms with Gasteiger partial charge in [0.25, 0.3) is 0 Å². The Morgan fingerprint density at radius 2 is 2.16 bits per heavy atom. The molecule has 1 N–H and O–H groups in total. The molecule has 1 aliphatic carbocycles. The predicted octanol–water partition coefficient (Wildman–Crippen LogP) is 2.72. The van der Waals surface area contributed by atoms with E-state index in [1.165, 1.54) is 25.7 Å². The molecule has 1 aromatic rings. The number of hydrogen-bond acceptors (Lipinski definition) is 4. The van der Waals surface area contributed by atoms with Crippen LogP contribution in [0.1, 0.15) is 43.8 Å². The number of nitrogens with zero attached hydrogens (tertiary/aromatic N) is 3. The van der Waals surface area contributed by atoms with Crippen LogP contribution in [0.2, 0.25) is 0 Å². The fourth-order valence-electron chi connectivity index (χ4n) is 2.80. The van der Waals surface area contributed by atoms with Gasteiger partial charge in [0.1, 0.15) is 16.2 Å². The topological polar surface area (TPSA) is 49.2 Å².